The van der Waals surface area contributed by atoms with Crippen LogP contribution < -0.4 is 5.32 Å². The third-order valence-electron chi connectivity index (χ3n) is 14.1. The number of hydrogen-bond donors (Lipinski definition) is 2. The van der Waals surface area contributed by atoms with Crippen molar-refractivity contribution in [1.29, 1.82) is 0 Å². The van der Waals surface area contributed by atoms with Crippen LogP contribution in [0.4, 0.5) is 0 Å². The molecule has 2 N–H and O–H groups in total. The van der Waals surface area contributed by atoms with Crippen molar-refractivity contribution >= 4 is 19.7 Å². The summed E-state index contributed by atoms with van der Waals surface area (Å²) in [6.45, 7) is 6.89. The maximum Gasteiger partial charge on any atom is 0.472 e. The molecule has 3 unspecified atom stereocenters. The van der Waals surface area contributed by atoms with Gasteiger partial charge in [0.2, 0.25) is 5.91 Å². The van der Waals surface area contributed by atoms with E-state index in [1.54, 1.807) is 0 Å². The largest absolute Gasteiger partial charge is 0.472 e. The molecule has 0 aromatic carbocycles. The van der Waals surface area contributed by atoms with E-state index in [1.165, 1.54) is 135 Å². The van der Waals surface area contributed by atoms with Gasteiger partial charge in [-0.15, -0.1) is 0 Å². The zero-order valence-corrected chi connectivity index (χ0v) is 52.5. The second-order valence-electron chi connectivity index (χ2n) is 22.9. The fourth-order valence-corrected chi connectivity index (χ4v) is 9.82. The Morgan fingerprint density at radius 1 is 0.462 bits per heavy atom. The number of allylic oxidation sites excluding steroid dienone is 13. The molecule has 0 saturated carbocycles. The van der Waals surface area contributed by atoms with Crippen LogP contribution in [0.2, 0.25) is 0 Å². The van der Waals surface area contributed by atoms with E-state index in [1.807, 2.05) is 33.3 Å². The van der Waals surface area contributed by atoms with Crippen LogP contribution in [0.1, 0.15) is 284 Å². The van der Waals surface area contributed by atoms with Crippen molar-refractivity contribution in [2.24, 2.45) is 0 Å². The molecule has 0 aromatic heterocycles. The number of nitrogens with one attached hydrogen (secondary N) is 1. The van der Waals surface area contributed by atoms with Gasteiger partial charge in [0, 0.05) is 12.8 Å². The summed E-state index contributed by atoms with van der Waals surface area (Å²) in [6, 6.07) is -0.859. The SMILES string of the molecule is CC/C=C\C/C=C\C/C=C\C/C=C\C/C=C\CCCCCCCCCC(=O)OC(/C=C\CCCCCCCCCCCC)C(COP(=O)(O)OCC[N+](C)(C)C)NC(=O)CCCCCCCCC/C=C/CCCCCCCC. The van der Waals surface area contributed by atoms with Gasteiger partial charge in [-0.2, -0.15) is 0 Å². The lowest BCUT2D eigenvalue weighted by Gasteiger charge is -2.27. The van der Waals surface area contributed by atoms with Crippen molar-refractivity contribution in [1.82, 2.24) is 5.32 Å². The molecule has 0 aliphatic carbocycles. The average Bonchev–Trinajstić information content (AvgIpc) is 3.40. The van der Waals surface area contributed by atoms with Gasteiger partial charge in [-0.1, -0.05) is 254 Å². The summed E-state index contributed by atoms with van der Waals surface area (Å²) in [5, 5.41) is 3.06. The minimum absolute atomic E-state index is 0.0347. The molecule has 0 rings (SSSR count). The van der Waals surface area contributed by atoms with Crippen LogP contribution >= 0.6 is 7.82 Å². The van der Waals surface area contributed by atoms with Crippen molar-refractivity contribution in [3.05, 3.63) is 85.1 Å². The Labute approximate surface area is 482 Å². The number of carbonyl (C=O) groups excluding carboxylic acids is 2. The van der Waals surface area contributed by atoms with Crippen molar-refractivity contribution in [2.75, 3.05) is 40.9 Å². The first kappa shape index (κ1) is 75.2. The second-order valence-corrected chi connectivity index (χ2v) is 24.4. The van der Waals surface area contributed by atoms with Crippen LogP contribution in [-0.2, 0) is 27.9 Å². The maximum atomic E-state index is 13.6. The monoisotopic (exact) mass is 1110 g/mol. The number of ether oxygens (including phenoxy) is 1. The summed E-state index contributed by atoms with van der Waals surface area (Å²) in [5.41, 5.74) is 0. The molecule has 78 heavy (non-hydrogen) atoms. The highest BCUT2D eigenvalue weighted by Gasteiger charge is 2.30. The van der Waals surface area contributed by atoms with Gasteiger partial charge in [0.1, 0.15) is 19.3 Å². The van der Waals surface area contributed by atoms with E-state index in [4.69, 9.17) is 13.8 Å². The number of nitrogens with zero attached hydrogens (tertiary/aromatic N) is 1. The van der Waals surface area contributed by atoms with Gasteiger partial charge in [-0.05, 0) is 102 Å². The minimum Gasteiger partial charge on any atom is -0.456 e. The number of phosphoric ester groups is 1. The summed E-state index contributed by atoms with van der Waals surface area (Å²) in [6.07, 6.45) is 75.8. The highest BCUT2D eigenvalue weighted by Crippen LogP contribution is 2.43. The predicted octanol–water partition coefficient (Wildman–Crippen LogP) is 20.2. The molecule has 0 aliphatic heterocycles. The summed E-state index contributed by atoms with van der Waals surface area (Å²) >= 11 is 0. The Kier molecular flexibility index (Phi) is 55.4. The number of esters is 1. The normalized spacial score (nSPS) is 14.2. The first-order valence-corrected chi connectivity index (χ1v) is 33.9. The van der Waals surface area contributed by atoms with E-state index in [2.05, 4.69) is 99.0 Å². The molecule has 0 saturated heterocycles. The number of unbranched alkanes of at least 4 members (excludes halogenated alkanes) is 30. The van der Waals surface area contributed by atoms with Crippen molar-refractivity contribution in [2.45, 2.75) is 296 Å². The second kappa shape index (κ2) is 57.4. The standard InChI is InChI=1S/C68H123N2O7P/c1-7-10-13-16-19-22-25-28-30-32-33-34-35-36-37-39-41-43-46-49-52-55-58-61-68(72)77-66(59-56-53-50-47-44-27-24-21-18-15-12-9-3)65(64-76-78(73,74)75-63-62-70(4,5)6)69-67(71)60-57-54-51-48-45-42-40-38-31-29-26-23-20-17-14-11-8-2/h10,13,19,22,28-31,33-34,36-37,56,59,65-66H,7-9,11-12,14-18,20-21,23-27,32,35,38-55,57-58,60-64H2,1-6H3,(H-,69,71,73,74)/p+1/b13-10-,22-19-,30-28-,31-29+,34-33-,37-36-,59-56-. The lowest BCUT2D eigenvalue weighted by atomic mass is 10.0. The lowest BCUT2D eigenvalue weighted by molar-refractivity contribution is -0.870. The van der Waals surface area contributed by atoms with Crippen LogP contribution in [-0.4, -0.2) is 74.3 Å². The predicted molar refractivity (Wildman–Crippen MR) is 337 cm³/mol. The molecule has 0 aromatic rings. The van der Waals surface area contributed by atoms with Crippen molar-refractivity contribution in [3.63, 3.8) is 0 Å². The number of likely N-dealkylation sites (N-methyl/N-ethyl adjacent to an activating group) is 1. The van der Waals surface area contributed by atoms with Crippen LogP contribution in [0, 0.1) is 0 Å². The fourth-order valence-electron chi connectivity index (χ4n) is 9.08. The first-order chi connectivity index (χ1) is 37.9. The molecule has 9 nitrogen and oxygen atoms in total. The van der Waals surface area contributed by atoms with E-state index in [9.17, 15) is 19.0 Å². The molecule has 10 heteroatoms. The molecule has 0 spiro atoms. The molecule has 0 bridgehead atoms. The number of rotatable bonds is 58. The third kappa shape index (κ3) is 57.9. The topological polar surface area (TPSA) is 111 Å². The molecule has 0 fully saturated rings. The number of quaternary nitrogens is 1. The van der Waals surface area contributed by atoms with Gasteiger partial charge in [-0.3, -0.25) is 18.6 Å². The fraction of sp³-hybridized carbons (Fsp3) is 0.765. The van der Waals surface area contributed by atoms with E-state index in [0.717, 1.165) is 116 Å². The molecule has 1 amide bonds. The average molecular weight is 1110 g/mol. The van der Waals surface area contributed by atoms with Gasteiger partial charge in [0.15, 0.2) is 0 Å². The molecule has 0 heterocycles. The van der Waals surface area contributed by atoms with Crippen molar-refractivity contribution < 1.29 is 37.3 Å². The van der Waals surface area contributed by atoms with E-state index >= 15 is 0 Å². The Hall–Kier alpha value is -2.81. The maximum absolute atomic E-state index is 13.6. The van der Waals surface area contributed by atoms with Crippen LogP contribution in [0.5, 0.6) is 0 Å². The summed E-state index contributed by atoms with van der Waals surface area (Å²) < 4.78 is 30.7. The van der Waals surface area contributed by atoms with Crippen LogP contribution in [0.3, 0.4) is 0 Å². The lowest BCUT2D eigenvalue weighted by Crippen LogP contribution is -2.47. The van der Waals surface area contributed by atoms with E-state index in [0.29, 0.717) is 17.4 Å². The zero-order valence-electron chi connectivity index (χ0n) is 51.6. The molecular weight excluding hydrogens is 988 g/mol. The summed E-state index contributed by atoms with van der Waals surface area (Å²) in [7, 11) is 1.48. The Bertz CT molecular complexity index is 1610. The van der Waals surface area contributed by atoms with Crippen molar-refractivity contribution in [3.8, 4) is 0 Å². The zero-order chi connectivity index (χ0) is 57.2. The number of hydrogen-bond acceptors (Lipinski definition) is 6. The molecule has 0 aliphatic rings. The number of amides is 1. The molecule has 0 radical (unpaired) electrons. The first-order valence-electron chi connectivity index (χ1n) is 32.4. The third-order valence-corrected chi connectivity index (χ3v) is 15.1. The van der Waals surface area contributed by atoms with Crippen LogP contribution in [0.25, 0.3) is 0 Å². The van der Waals surface area contributed by atoms with Gasteiger partial charge in [0.05, 0.1) is 33.8 Å². The molecule has 452 valence electrons. The Morgan fingerprint density at radius 3 is 1.24 bits per heavy atom. The van der Waals surface area contributed by atoms with Gasteiger partial charge in [-0.25, -0.2) is 4.57 Å². The quantitative estimate of drug-likeness (QED) is 0.0205. The van der Waals surface area contributed by atoms with E-state index in [-0.39, 0.29) is 31.5 Å². The van der Waals surface area contributed by atoms with E-state index < -0.39 is 20.0 Å². The van der Waals surface area contributed by atoms with Gasteiger partial charge < -0.3 is 19.4 Å². The summed E-state index contributed by atoms with van der Waals surface area (Å²) in [4.78, 5) is 37.8. The highest BCUT2D eigenvalue weighted by atomic mass is 31.2. The smallest absolute Gasteiger partial charge is 0.456 e. The Balaban J connectivity index is 5.22. The molecule has 3 atom stereocenters. The summed E-state index contributed by atoms with van der Waals surface area (Å²) in [5.74, 6) is -0.521. The number of phosphoric acid groups is 1. The van der Waals surface area contributed by atoms with Gasteiger partial charge >= 0.3 is 13.8 Å². The molecular formula is C68H124N2O7P+. The minimum atomic E-state index is -4.46. The number of carbonyl (C=O) groups is 2. The Morgan fingerprint density at radius 2 is 0.821 bits per heavy atom. The van der Waals surface area contributed by atoms with Crippen LogP contribution in [0.15, 0.2) is 85.1 Å². The highest BCUT2D eigenvalue weighted by molar-refractivity contribution is 7.47. The van der Waals surface area contributed by atoms with Gasteiger partial charge in [0.25, 0.3) is 0 Å².